The fourth-order valence-electron chi connectivity index (χ4n) is 3.19. The molecule has 0 aromatic heterocycles. The first-order valence-corrected chi connectivity index (χ1v) is 7.46. The molecule has 102 valence electrons. The van der Waals surface area contributed by atoms with Gasteiger partial charge < -0.3 is 10.2 Å². The molecule has 0 bridgehead atoms. The van der Waals surface area contributed by atoms with Gasteiger partial charge in [-0.2, -0.15) is 0 Å². The van der Waals surface area contributed by atoms with Gasteiger partial charge in [-0.25, -0.2) is 0 Å². The predicted octanol–water partition coefficient (Wildman–Crippen LogP) is 0.396. The highest BCUT2D eigenvalue weighted by molar-refractivity contribution is 5.79. The summed E-state index contributed by atoms with van der Waals surface area (Å²) in [6.07, 6.45) is 2.84. The Hall–Kier alpha value is -0.610. The van der Waals surface area contributed by atoms with Crippen molar-refractivity contribution < 1.29 is 4.79 Å². The highest BCUT2D eigenvalue weighted by Gasteiger charge is 2.34. The smallest absolute Gasteiger partial charge is 0.227 e. The van der Waals surface area contributed by atoms with Crippen LogP contribution in [0.4, 0.5) is 0 Å². The minimum atomic E-state index is 0.222. The van der Waals surface area contributed by atoms with Crippen molar-refractivity contribution in [1.29, 1.82) is 0 Å². The summed E-state index contributed by atoms with van der Waals surface area (Å²) >= 11 is 0. The Kier molecular flexibility index (Phi) is 3.57. The molecule has 0 spiro atoms. The lowest BCUT2D eigenvalue weighted by Crippen LogP contribution is -2.51. The Morgan fingerprint density at radius 3 is 2.44 bits per heavy atom. The normalized spacial score (nSPS) is 33.9. The number of piperazine rings is 1. The number of hydrogen-bond acceptors (Lipinski definition) is 3. The van der Waals surface area contributed by atoms with E-state index in [1.165, 1.54) is 19.4 Å². The van der Waals surface area contributed by atoms with Gasteiger partial charge in [0.25, 0.3) is 0 Å². The number of amides is 1. The second kappa shape index (κ2) is 5.17. The molecule has 0 aromatic rings. The topological polar surface area (TPSA) is 35.6 Å². The van der Waals surface area contributed by atoms with Gasteiger partial charge in [-0.1, -0.05) is 6.92 Å². The fourth-order valence-corrected chi connectivity index (χ4v) is 3.19. The van der Waals surface area contributed by atoms with Gasteiger partial charge in [-0.15, -0.1) is 0 Å². The molecule has 18 heavy (non-hydrogen) atoms. The SMILES string of the molecule is C[C@@H]1CNC[C@H]1C(=O)N1CCN(CC2CC2)CC1. The van der Waals surface area contributed by atoms with Crippen molar-refractivity contribution in [3.8, 4) is 0 Å². The molecule has 1 saturated carbocycles. The van der Waals surface area contributed by atoms with E-state index >= 15 is 0 Å². The number of hydrogen-bond donors (Lipinski definition) is 1. The zero-order valence-corrected chi connectivity index (χ0v) is 11.4. The molecule has 2 heterocycles. The second-order valence-electron chi connectivity index (χ2n) is 6.31. The molecule has 2 aliphatic heterocycles. The van der Waals surface area contributed by atoms with Crippen molar-refractivity contribution in [1.82, 2.24) is 15.1 Å². The molecule has 0 radical (unpaired) electrons. The van der Waals surface area contributed by atoms with Crippen LogP contribution in [-0.4, -0.2) is 61.5 Å². The largest absolute Gasteiger partial charge is 0.340 e. The first-order valence-electron chi connectivity index (χ1n) is 7.46. The van der Waals surface area contributed by atoms with Crippen LogP contribution in [0, 0.1) is 17.8 Å². The summed E-state index contributed by atoms with van der Waals surface area (Å²) in [5.41, 5.74) is 0. The van der Waals surface area contributed by atoms with E-state index in [0.717, 1.165) is 45.2 Å². The van der Waals surface area contributed by atoms with Gasteiger partial charge in [0.15, 0.2) is 0 Å². The van der Waals surface area contributed by atoms with Crippen molar-refractivity contribution in [3.05, 3.63) is 0 Å². The van der Waals surface area contributed by atoms with Crippen molar-refractivity contribution >= 4 is 5.91 Å². The zero-order valence-electron chi connectivity index (χ0n) is 11.4. The van der Waals surface area contributed by atoms with Crippen molar-refractivity contribution in [2.24, 2.45) is 17.8 Å². The molecular weight excluding hydrogens is 226 g/mol. The zero-order chi connectivity index (χ0) is 12.5. The summed E-state index contributed by atoms with van der Waals surface area (Å²) in [7, 11) is 0. The molecule has 0 unspecified atom stereocenters. The molecule has 0 aromatic carbocycles. The van der Waals surface area contributed by atoms with Crippen LogP contribution in [0.15, 0.2) is 0 Å². The summed E-state index contributed by atoms with van der Waals surface area (Å²) in [5, 5.41) is 3.33. The number of carbonyl (C=O) groups is 1. The molecule has 1 N–H and O–H groups in total. The van der Waals surface area contributed by atoms with Crippen molar-refractivity contribution in [2.45, 2.75) is 19.8 Å². The monoisotopic (exact) mass is 251 g/mol. The molecule has 3 rings (SSSR count). The van der Waals surface area contributed by atoms with Crippen molar-refractivity contribution in [2.75, 3.05) is 45.8 Å². The first-order chi connectivity index (χ1) is 8.74. The van der Waals surface area contributed by atoms with Crippen LogP contribution in [0.1, 0.15) is 19.8 Å². The van der Waals surface area contributed by atoms with Crippen molar-refractivity contribution in [3.63, 3.8) is 0 Å². The second-order valence-corrected chi connectivity index (χ2v) is 6.31. The van der Waals surface area contributed by atoms with E-state index in [1.54, 1.807) is 0 Å². The summed E-state index contributed by atoms with van der Waals surface area (Å²) in [6.45, 7) is 9.37. The number of nitrogens with zero attached hydrogens (tertiary/aromatic N) is 2. The third-order valence-electron chi connectivity index (χ3n) is 4.73. The minimum absolute atomic E-state index is 0.222. The van der Waals surface area contributed by atoms with E-state index < -0.39 is 0 Å². The van der Waals surface area contributed by atoms with Crippen LogP contribution in [0.5, 0.6) is 0 Å². The molecule has 3 aliphatic rings. The molecule has 2 saturated heterocycles. The van der Waals surface area contributed by atoms with Gasteiger partial charge in [0.2, 0.25) is 5.91 Å². The average Bonchev–Trinajstić information content (AvgIpc) is 3.09. The van der Waals surface area contributed by atoms with Crippen LogP contribution < -0.4 is 5.32 Å². The van der Waals surface area contributed by atoms with Gasteiger partial charge in [0.05, 0.1) is 5.92 Å². The van der Waals surface area contributed by atoms with E-state index in [9.17, 15) is 4.79 Å². The average molecular weight is 251 g/mol. The molecular formula is C14H25N3O. The molecule has 4 heteroatoms. The summed E-state index contributed by atoms with van der Waals surface area (Å²) in [4.78, 5) is 17.1. The lowest BCUT2D eigenvalue weighted by molar-refractivity contribution is -0.137. The van der Waals surface area contributed by atoms with Gasteiger partial charge in [-0.05, 0) is 31.2 Å². The number of nitrogens with one attached hydrogen (secondary N) is 1. The Bertz CT molecular complexity index is 308. The summed E-state index contributed by atoms with van der Waals surface area (Å²) in [6, 6.07) is 0. The van der Waals surface area contributed by atoms with E-state index in [2.05, 4.69) is 22.0 Å². The Morgan fingerprint density at radius 1 is 1.17 bits per heavy atom. The highest BCUT2D eigenvalue weighted by atomic mass is 16.2. The molecule has 1 amide bonds. The van der Waals surface area contributed by atoms with Gasteiger partial charge in [0.1, 0.15) is 0 Å². The number of carbonyl (C=O) groups excluding carboxylic acids is 1. The molecule has 1 aliphatic carbocycles. The van der Waals surface area contributed by atoms with E-state index in [4.69, 9.17) is 0 Å². The van der Waals surface area contributed by atoms with Crippen LogP contribution in [-0.2, 0) is 4.79 Å². The third kappa shape index (κ3) is 2.69. The quantitative estimate of drug-likeness (QED) is 0.788. The molecule has 2 atom stereocenters. The van der Waals surface area contributed by atoms with E-state index in [-0.39, 0.29) is 5.92 Å². The van der Waals surface area contributed by atoms with Crippen LogP contribution >= 0.6 is 0 Å². The van der Waals surface area contributed by atoms with Crippen LogP contribution in [0.25, 0.3) is 0 Å². The Balaban J connectivity index is 1.47. The lowest BCUT2D eigenvalue weighted by Gasteiger charge is -2.36. The van der Waals surface area contributed by atoms with Gasteiger partial charge >= 0.3 is 0 Å². The van der Waals surface area contributed by atoms with Gasteiger partial charge in [0, 0.05) is 39.3 Å². The third-order valence-corrected chi connectivity index (χ3v) is 4.73. The van der Waals surface area contributed by atoms with Crippen LogP contribution in [0.2, 0.25) is 0 Å². The Labute approximate surface area is 110 Å². The van der Waals surface area contributed by atoms with E-state index in [0.29, 0.717) is 11.8 Å². The highest BCUT2D eigenvalue weighted by Crippen LogP contribution is 2.30. The molecule has 4 nitrogen and oxygen atoms in total. The summed E-state index contributed by atoms with van der Waals surface area (Å²) < 4.78 is 0. The fraction of sp³-hybridized carbons (Fsp3) is 0.929. The Morgan fingerprint density at radius 2 is 1.89 bits per heavy atom. The van der Waals surface area contributed by atoms with E-state index in [1.807, 2.05) is 0 Å². The maximum atomic E-state index is 12.4. The summed E-state index contributed by atoms with van der Waals surface area (Å²) in [5.74, 6) is 2.08. The maximum absolute atomic E-state index is 12.4. The number of rotatable bonds is 3. The minimum Gasteiger partial charge on any atom is -0.340 e. The first kappa shape index (κ1) is 12.4. The molecule has 3 fully saturated rings. The standard InChI is InChI=1S/C14H25N3O/c1-11-8-15-9-13(11)14(18)17-6-4-16(5-7-17)10-12-2-3-12/h11-13,15H,2-10H2,1H3/t11-,13-/m1/s1. The maximum Gasteiger partial charge on any atom is 0.227 e. The predicted molar refractivity (Wildman–Crippen MR) is 71.3 cm³/mol. The van der Waals surface area contributed by atoms with Gasteiger partial charge in [-0.3, -0.25) is 9.69 Å². The van der Waals surface area contributed by atoms with Crippen LogP contribution in [0.3, 0.4) is 0 Å². The lowest BCUT2D eigenvalue weighted by atomic mass is 9.96.